The van der Waals surface area contributed by atoms with E-state index in [0.717, 1.165) is 30.0 Å². The van der Waals surface area contributed by atoms with Gasteiger partial charge < -0.3 is 9.67 Å². The molecular formula is C13H12Cl2N2O. The van der Waals surface area contributed by atoms with E-state index < -0.39 is 0 Å². The molecule has 1 aromatic heterocycles. The monoisotopic (exact) mass is 282 g/mol. The molecule has 1 aromatic carbocycles. The van der Waals surface area contributed by atoms with Crippen molar-refractivity contribution in [1.82, 2.24) is 9.55 Å². The lowest BCUT2D eigenvalue weighted by atomic mass is 10.1. The highest BCUT2D eigenvalue weighted by Crippen LogP contribution is 2.31. The molecule has 0 amide bonds. The van der Waals surface area contributed by atoms with Crippen molar-refractivity contribution in [2.24, 2.45) is 0 Å². The summed E-state index contributed by atoms with van der Waals surface area (Å²) in [6, 6.07) is 7.56. The maximum absolute atomic E-state index is 9.68. The summed E-state index contributed by atoms with van der Waals surface area (Å²) < 4.78 is 2.07. The lowest BCUT2D eigenvalue weighted by Crippen LogP contribution is -2.23. The molecule has 0 fully saturated rings. The van der Waals surface area contributed by atoms with Gasteiger partial charge in [0.2, 0.25) is 0 Å². The van der Waals surface area contributed by atoms with Crippen LogP contribution in [0, 0.1) is 0 Å². The van der Waals surface area contributed by atoms with Crippen molar-refractivity contribution >= 4 is 23.2 Å². The summed E-state index contributed by atoms with van der Waals surface area (Å²) in [6.45, 7) is 0.734. The third-order valence-corrected chi connectivity index (χ3v) is 3.76. The van der Waals surface area contributed by atoms with Gasteiger partial charge in [0.05, 0.1) is 11.8 Å². The summed E-state index contributed by atoms with van der Waals surface area (Å²) in [6.07, 6.45) is 0.971. The summed E-state index contributed by atoms with van der Waals surface area (Å²) in [5.74, 6) is 0.824. The van der Waals surface area contributed by atoms with E-state index in [0.29, 0.717) is 16.6 Å². The molecule has 5 heteroatoms. The first-order valence-electron chi connectivity index (χ1n) is 5.84. The zero-order valence-corrected chi connectivity index (χ0v) is 11.1. The van der Waals surface area contributed by atoms with Crippen molar-refractivity contribution in [2.75, 3.05) is 0 Å². The van der Waals surface area contributed by atoms with Crippen LogP contribution in [0.4, 0.5) is 0 Å². The minimum atomic E-state index is -0.320. The number of imidazole rings is 1. The van der Waals surface area contributed by atoms with Gasteiger partial charge in [-0.05, 0) is 18.6 Å². The van der Waals surface area contributed by atoms with Crippen LogP contribution < -0.4 is 0 Å². The van der Waals surface area contributed by atoms with Crippen LogP contribution in [0.15, 0.2) is 24.3 Å². The van der Waals surface area contributed by atoms with Crippen LogP contribution in [0.5, 0.6) is 0 Å². The summed E-state index contributed by atoms with van der Waals surface area (Å²) >= 11 is 12.1. The van der Waals surface area contributed by atoms with E-state index in [1.807, 2.05) is 24.3 Å². The molecule has 94 valence electrons. The first-order valence-corrected chi connectivity index (χ1v) is 6.59. The predicted octanol–water partition coefficient (Wildman–Crippen LogP) is 3.16. The van der Waals surface area contributed by atoms with E-state index in [-0.39, 0.29) is 6.10 Å². The zero-order chi connectivity index (χ0) is 12.7. The molecular weight excluding hydrogens is 271 g/mol. The third-order valence-electron chi connectivity index (χ3n) is 3.22. The van der Waals surface area contributed by atoms with E-state index in [2.05, 4.69) is 9.55 Å². The fourth-order valence-corrected chi connectivity index (χ4v) is 2.79. The average Bonchev–Trinajstić information content (AvgIpc) is 2.67. The molecule has 1 atom stereocenters. The highest BCUT2D eigenvalue weighted by atomic mass is 35.5. The fraction of sp³-hybridized carbons (Fsp3) is 0.308. The second-order valence-electron chi connectivity index (χ2n) is 4.48. The van der Waals surface area contributed by atoms with Crippen LogP contribution in [0.3, 0.4) is 0 Å². The maximum Gasteiger partial charge on any atom is 0.151 e. The third kappa shape index (κ3) is 2.03. The molecule has 3 rings (SSSR count). The first kappa shape index (κ1) is 12.0. The van der Waals surface area contributed by atoms with Crippen molar-refractivity contribution in [3.05, 3.63) is 40.1 Å². The molecule has 18 heavy (non-hydrogen) atoms. The van der Waals surface area contributed by atoms with E-state index >= 15 is 0 Å². The number of aliphatic hydroxyl groups excluding tert-OH is 1. The Labute approximate surface area is 115 Å². The summed E-state index contributed by atoms with van der Waals surface area (Å²) in [5.41, 5.74) is 1.86. The van der Waals surface area contributed by atoms with Gasteiger partial charge >= 0.3 is 0 Å². The van der Waals surface area contributed by atoms with Crippen LogP contribution in [0.2, 0.25) is 10.2 Å². The molecule has 2 heterocycles. The Balaban J connectivity index is 2.11. The molecule has 0 saturated heterocycles. The normalized spacial score (nSPS) is 18.7. The summed E-state index contributed by atoms with van der Waals surface area (Å²) in [5, 5.41) is 10.8. The number of fused-ring (bicyclic) bond motifs is 1. The van der Waals surface area contributed by atoms with Crippen LogP contribution in [0.1, 0.15) is 12.1 Å². The Morgan fingerprint density at radius 3 is 2.94 bits per heavy atom. The van der Waals surface area contributed by atoms with E-state index in [9.17, 15) is 5.11 Å². The topological polar surface area (TPSA) is 38.0 Å². The highest BCUT2D eigenvalue weighted by molar-refractivity contribution is 6.31. The van der Waals surface area contributed by atoms with Crippen molar-refractivity contribution in [2.45, 2.75) is 25.5 Å². The molecule has 1 unspecified atom stereocenters. The van der Waals surface area contributed by atoms with Gasteiger partial charge in [0.25, 0.3) is 0 Å². The molecule has 0 bridgehead atoms. The molecule has 0 aliphatic carbocycles. The number of nitrogens with zero attached hydrogens (tertiary/aromatic N) is 2. The van der Waals surface area contributed by atoms with Crippen molar-refractivity contribution in [3.8, 4) is 11.4 Å². The standard InChI is InChI=1S/C13H12Cl2N2O/c14-9-3-1-2-8(6-9)13-16-12(15)11-7-10(18)4-5-17(11)13/h1-3,6,10,18H,4-5,7H2. The van der Waals surface area contributed by atoms with Crippen molar-refractivity contribution < 1.29 is 5.11 Å². The highest BCUT2D eigenvalue weighted by Gasteiger charge is 2.24. The Bertz CT molecular complexity index is 595. The second kappa shape index (κ2) is 4.57. The quantitative estimate of drug-likeness (QED) is 0.873. The molecule has 1 aliphatic heterocycles. The molecule has 0 saturated carbocycles. The van der Waals surface area contributed by atoms with Gasteiger partial charge in [0, 0.05) is 23.6 Å². The first-order chi connectivity index (χ1) is 8.65. The fourth-order valence-electron chi connectivity index (χ4n) is 2.34. The van der Waals surface area contributed by atoms with E-state index in [1.54, 1.807) is 0 Å². The van der Waals surface area contributed by atoms with Crippen molar-refractivity contribution in [3.63, 3.8) is 0 Å². The van der Waals surface area contributed by atoms with Gasteiger partial charge in [-0.2, -0.15) is 0 Å². The van der Waals surface area contributed by atoms with E-state index in [4.69, 9.17) is 23.2 Å². The Hall–Kier alpha value is -1.03. The van der Waals surface area contributed by atoms with Gasteiger partial charge in [-0.15, -0.1) is 0 Å². The number of halogens is 2. The van der Waals surface area contributed by atoms with Gasteiger partial charge in [-0.1, -0.05) is 35.3 Å². The lowest BCUT2D eigenvalue weighted by Gasteiger charge is -2.21. The molecule has 2 aromatic rings. The Kier molecular flexibility index (Phi) is 3.06. The van der Waals surface area contributed by atoms with Crippen molar-refractivity contribution in [1.29, 1.82) is 0 Å². The smallest absolute Gasteiger partial charge is 0.151 e. The summed E-state index contributed by atoms with van der Waals surface area (Å²) in [4.78, 5) is 4.40. The van der Waals surface area contributed by atoms with Gasteiger partial charge in [0.15, 0.2) is 5.15 Å². The van der Waals surface area contributed by atoms with Crippen LogP contribution >= 0.6 is 23.2 Å². The number of hydrogen-bond acceptors (Lipinski definition) is 2. The number of aliphatic hydroxyl groups is 1. The second-order valence-corrected chi connectivity index (χ2v) is 5.28. The number of benzene rings is 1. The predicted molar refractivity (Wildman–Crippen MR) is 72.0 cm³/mol. The molecule has 0 spiro atoms. The zero-order valence-electron chi connectivity index (χ0n) is 9.61. The lowest BCUT2D eigenvalue weighted by molar-refractivity contribution is 0.144. The van der Waals surface area contributed by atoms with E-state index in [1.165, 1.54) is 0 Å². The van der Waals surface area contributed by atoms with Crippen LogP contribution in [-0.4, -0.2) is 20.8 Å². The minimum Gasteiger partial charge on any atom is -0.393 e. The summed E-state index contributed by atoms with van der Waals surface area (Å²) in [7, 11) is 0. The molecule has 1 N–H and O–H groups in total. The largest absolute Gasteiger partial charge is 0.393 e. The number of rotatable bonds is 1. The minimum absolute atomic E-state index is 0.320. The van der Waals surface area contributed by atoms with Gasteiger partial charge in [-0.25, -0.2) is 4.98 Å². The number of hydrogen-bond donors (Lipinski definition) is 1. The molecule has 3 nitrogen and oxygen atoms in total. The van der Waals surface area contributed by atoms with Gasteiger partial charge in [-0.3, -0.25) is 0 Å². The Morgan fingerprint density at radius 1 is 1.33 bits per heavy atom. The number of aromatic nitrogens is 2. The maximum atomic E-state index is 9.68. The van der Waals surface area contributed by atoms with Crippen LogP contribution in [-0.2, 0) is 13.0 Å². The van der Waals surface area contributed by atoms with Gasteiger partial charge in [0.1, 0.15) is 5.82 Å². The molecule has 0 radical (unpaired) electrons. The molecule has 1 aliphatic rings. The van der Waals surface area contributed by atoms with Crippen LogP contribution in [0.25, 0.3) is 11.4 Å². The average molecular weight is 283 g/mol. The SMILES string of the molecule is OC1CCn2c(-c3cccc(Cl)c3)nc(Cl)c2C1. The Morgan fingerprint density at radius 2 is 2.17 bits per heavy atom.